The van der Waals surface area contributed by atoms with Crippen LogP contribution in [0.25, 0.3) is 0 Å². The standard InChI is InChI=1S/C40H68O2/c1-7-8-9-10-11-12-13-14-15-16-17-18-19-20-21-22-23-33-40(41)42-35-34-39(6)32-26-31-38(5)30-25-29-37(4)28-24-27-36(2)3/h8-9,11-12,14-15,17-18,20-21,34,36-38H,7,10,13,16,19,22-33,35H2,1-6H3/b9-8-,12-11-,15-14-,18-17-,21-20-,39-34+/t37-,38-/m1/s1. The molecule has 0 aromatic carbocycles. The Morgan fingerprint density at radius 2 is 1.07 bits per heavy atom. The van der Waals surface area contributed by atoms with Crippen LogP contribution < -0.4 is 0 Å². The van der Waals surface area contributed by atoms with Crippen molar-refractivity contribution in [3.63, 3.8) is 0 Å². The van der Waals surface area contributed by atoms with Crippen LogP contribution in [0.4, 0.5) is 0 Å². The van der Waals surface area contributed by atoms with E-state index in [0.29, 0.717) is 13.0 Å². The van der Waals surface area contributed by atoms with Gasteiger partial charge in [-0.15, -0.1) is 0 Å². The molecule has 0 bridgehead atoms. The smallest absolute Gasteiger partial charge is 0.306 e. The van der Waals surface area contributed by atoms with E-state index in [4.69, 9.17) is 4.74 Å². The molecule has 0 saturated heterocycles. The third-order valence-electron chi connectivity index (χ3n) is 7.73. The van der Waals surface area contributed by atoms with Gasteiger partial charge in [0.05, 0.1) is 0 Å². The number of hydrogen-bond donors (Lipinski definition) is 0. The second kappa shape index (κ2) is 30.4. The first kappa shape index (κ1) is 39.9. The Hall–Kier alpha value is -2.09. The van der Waals surface area contributed by atoms with Crippen molar-refractivity contribution in [2.24, 2.45) is 17.8 Å². The molecule has 42 heavy (non-hydrogen) atoms. The third kappa shape index (κ3) is 30.9. The number of unbranched alkanes of at least 4 members (excludes halogenated alkanes) is 1. The molecule has 0 spiro atoms. The van der Waals surface area contributed by atoms with Gasteiger partial charge in [0.2, 0.25) is 0 Å². The predicted molar refractivity (Wildman–Crippen MR) is 188 cm³/mol. The highest BCUT2D eigenvalue weighted by molar-refractivity contribution is 5.69. The number of ether oxygens (including phenoxy) is 1. The largest absolute Gasteiger partial charge is 0.461 e. The fourth-order valence-corrected chi connectivity index (χ4v) is 4.89. The van der Waals surface area contributed by atoms with Gasteiger partial charge in [0.15, 0.2) is 0 Å². The van der Waals surface area contributed by atoms with Gasteiger partial charge in [0, 0.05) is 6.42 Å². The van der Waals surface area contributed by atoms with Gasteiger partial charge in [-0.05, 0) is 88.5 Å². The first-order chi connectivity index (χ1) is 20.3. The van der Waals surface area contributed by atoms with Crippen molar-refractivity contribution in [1.82, 2.24) is 0 Å². The van der Waals surface area contributed by atoms with Gasteiger partial charge in [-0.1, -0.05) is 146 Å². The summed E-state index contributed by atoms with van der Waals surface area (Å²) in [6, 6.07) is 0. The summed E-state index contributed by atoms with van der Waals surface area (Å²) in [4.78, 5) is 12.0. The maximum absolute atomic E-state index is 12.0. The van der Waals surface area contributed by atoms with Crippen LogP contribution in [0.2, 0.25) is 0 Å². The number of carbonyl (C=O) groups is 1. The molecule has 0 rings (SSSR count). The summed E-state index contributed by atoms with van der Waals surface area (Å²) in [5.41, 5.74) is 1.34. The maximum atomic E-state index is 12.0. The van der Waals surface area contributed by atoms with Crippen molar-refractivity contribution < 1.29 is 9.53 Å². The van der Waals surface area contributed by atoms with Crippen molar-refractivity contribution in [2.45, 2.75) is 151 Å². The zero-order chi connectivity index (χ0) is 31.1. The summed E-state index contributed by atoms with van der Waals surface area (Å²) in [6.07, 6.45) is 43.4. The Balaban J connectivity index is 3.72. The molecule has 0 saturated carbocycles. The molecule has 2 nitrogen and oxygen atoms in total. The first-order valence-electron chi connectivity index (χ1n) is 17.4. The molecule has 0 aromatic heterocycles. The van der Waals surface area contributed by atoms with Crippen LogP contribution in [0.5, 0.6) is 0 Å². The molecule has 0 unspecified atom stereocenters. The lowest BCUT2D eigenvalue weighted by Crippen LogP contribution is -2.04. The first-order valence-corrected chi connectivity index (χ1v) is 17.4. The Kier molecular flexibility index (Phi) is 28.9. The van der Waals surface area contributed by atoms with Gasteiger partial charge in [-0.2, -0.15) is 0 Å². The summed E-state index contributed by atoms with van der Waals surface area (Å²) in [6.45, 7) is 14.2. The van der Waals surface area contributed by atoms with E-state index < -0.39 is 0 Å². The van der Waals surface area contributed by atoms with E-state index in [0.717, 1.165) is 69.1 Å². The number of hydrogen-bond acceptors (Lipinski definition) is 2. The average Bonchev–Trinajstić information content (AvgIpc) is 2.94. The van der Waals surface area contributed by atoms with Crippen molar-refractivity contribution >= 4 is 5.97 Å². The fourth-order valence-electron chi connectivity index (χ4n) is 4.89. The number of carbonyl (C=O) groups excluding carboxylic acids is 1. The molecule has 240 valence electrons. The molecular weight excluding hydrogens is 512 g/mol. The monoisotopic (exact) mass is 581 g/mol. The van der Waals surface area contributed by atoms with E-state index in [9.17, 15) is 4.79 Å². The van der Waals surface area contributed by atoms with E-state index in [1.807, 2.05) is 0 Å². The molecule has 0 aliphatic rings. The molecule has 2 heteroatoms. The van der Waals surface area contributed by atoms with Crippen molar-refractivity contribution in [3.05, 3.63) is 72.4 Å². The molecule has 0 aliphatic carbocycles. The van der Waals surface area contributed by atoms with Crippen LogP contribution in [0.3, 0.4) is 0 Å². The molecule has 0 radical (unpaired) electrons. The molecule has 0 amide bonds. The lowest BCUT2D eigenvalue weighted by atomic mass is 9.91. The lowest BCUT2D eigenvalue weighted by Gasteiger charge is -2.15. The summed E-state index contributed by atoms with van der Waals surface area (Å²) in [5.74, 6) is 2.44. The van der Waals surface area contributed by atoms with Crippen LogP contribution in [0.15, 0.2) is 72.4 Å². The highest BCUT2D eigenvalue weighted by atomic mass is 16.5. The average molecular weight is 581 g/mol. The van der Waals surface area contributed by atoms with E-state index in [2.05, 4.69) is 108 Å². The fraction of sp³-hybridized carbons (Fsp3) is 0.675. The number of allylic oxidation sites excluding steroid dienone is 11. The Labute approximate surface area is 262 Å². The third-order valence-corrected chi connectivity index (χ3v) is 7.73. The van der Waals surface area contributed by atoms with E-state index in [1.54, 1.807) is 0 Å². The van der Waals surface area contributed by atoms with Crippen LogP contribution in [-0.4, -0.2) is 12.6 Å². The summed E-state index contributed by atoms with van der Waals surface area (Å²) >= 11 is 0. The second-order valence-electron chi connectivity index (χ2n) is 12.7. The van der Waals surface area contributed by atoms with Crippen LogP contribution in [0.1, 0.15) is 151 Å². The molecule has 0 aromatic rings. The van der Waals surface area contributed by atoms with Gasteiger partial charge < -0.3 is 4.74 Å². The van der Waals surface area contributed by atoms with Gasteiger partial charge in [0.25, 0.3) is 0 Å². The zero-order valence-corrected chi connectivity index (χ0v) is 28.6. The van der Waals surface area contributed by atoms with E-state index in [-0.39, 0.29) is 5.97 Å². The molecule has 0 aliphatic heterocycles. The topological polar surface area (TPSA) is 26.3 Å². The quantitative estimate of drug-likeness (QED) is 0.0548. The molecule has 2 atom stereocenters. The van der Waals surface area contributed by atoms with Crippen molar-refractivity contribution in [1.29, 1.82) is 0 Å². The van der Waals surface area contributed by atoms with Gasteiger partial charge >= 0.3 is 5.97 Å². The highest BCUT2D eigenvalue weighted by Gasteiger charge is 2.07. The Morgan fingerprint density at radius 1 is 0.595 bits per heavy atom. The minimum atomic E-state index is -0.0848. The Morgan fingerprint density at radius 3 is 1.60 bits per heavy atom. The SMILES string of the molecule is CC/C=C\C/C=C\C/C=C\C/C=C\C/C=C\CCCC(=O)OC/C=C(\C)CCC[C@H](C)CCC[C@H](C)CCCC(C)C. The van der Waals surface area contributed by atoms with Crippen LogP contribution in [-0.2, 0) is 9.53 Å². The normalized spacial score (nSPS) is 14.5. The van der Waals surface area contributed by atoms with Gasteiger partial charge in [-0.25, -0.2) is 0 Å². The van der Waals surface area contributed by atoms with Crippen molar-refractivity contribution in [2.75, 3.05) is 6.61 Å². The molecule has 0 N–H and O–H groups in total. The van der Waals surface area contributed by atoms with Gasteiger partial charge in [-0.3, -0.25) is 4.79 Å². The summed E-state index contributed by atoms with van der Waals surface area (Å²) in [5, 5.41) is 0. The summed E-state index contributed by atoms with van der Waals surface area (Å²) in [7, 11) is 0. The minimum absolute atomic E-state index is 0.0848. The molecule has 0 heterocycles. The summed E-state index contributed by atoms with van der Waals surface area (Å²) < 4.78 is 5.42. The van der Waals surface area contributed by atoms with E-state index >= 15 is 0 Å². The molecular formula is C40H68O2. The number of rotatable bonds is 27. The van der Waals surface area contributed by atoms with Crippen molar-refractivity contribution in [3.8, 4) is 0 Å². The predicted octanol–water partition coefficient (Wildman–Crippen LogP) is 12.8. The zero-order valence-electron chi connectivity index (χ0n) is 28.6. The van der Waals surface area contributed by atoms with Crippen LogP contribution >= 0.6 is 0 Å². The maximum Gasteiger partial charge on any atom is 0.306 e. The highest BCUT2D eigenvalue weighted by Crippen LogP contribution is 2.22. The Bertz CT molecular complexity index is 792. The molecule has 0 fully saturated rings. The van der Waals surface area contributed by atoms with E-state index in [1.165, 1.54) is 56.9 Å². The minimum Gasteiger partial charge on any atom is -0.461 e. The lowest BCUT2D eigenvalue weighted by molar-refractivity contribution is -0.142. The van der Waals surface area contributed by atoms with Crippen LogP contribution in [0, 0.1) is 17.8 Å². The number of esters is 1. The second-order valence-corrected chi connectivity index (χ2v) is 12.7. The van der Waals surface area contributed by atoms with Gasteiger partial charge in [0.1, 0.15) is 6.61 Å².